The molecule has 0 spiro atoms. The number of aliphatic carboxylic acids is 1. The van der Waals surface area contributed by atoms with E-state index in [1.807, 2.05) is 37.3 Å². The van der Waals surface area contributed by atoms with E-state index in [4.69, 9.17) is 15.6 Å². The first-order valence-electron chi connectivity index (χ1n) is 12.0. The highest BCUT2D eigenvalue weighted by atomic mass is 16.5. The van der Waals surface area contributed by atoms with E-state index in [9.17, 15) is 9.59 Å². The third kappa shape index (κ3) is 11.8. The molecule has 0 aromatic heterocycles. The Hall–Kier alpha value is -2.86. The van der Waals surface area contributed by atoms with Crippen LogP contribution >= 0.6 is 0 Å². The van der Waals surface area contributed by atoms with Crippen molar-refractivity contribution in [3.8, 4) is 0 Å². The molecule has 0 fully saturated rings. The van der Waals surface area contributed by atoms with Crippen molar-refractivity contribution in [2.24, 2.45) is 17.6 Å². The molecule has 1 rings (SSSR count). The molecule has 4 unspecified atom stereocenters. The van der Waals surface area contributed by atoms with Gasteiger partial charge in [0.2, 0.25) is 5.91 Å². The molecule has 0 heterocycles. The molecule has 1 amide bonds. The number of primary amides is 1. The summed E-state index contributed by atoms with van der Waals surface area (Å²) in [5.41, 5.74) is 8.70. The van der Waals surface area contributed by atoms with E-state index < -0.39 is 11.9 Å². The van der Waals surface area contributed by atoms with Gasteiger partial charge in [0.1, 0.15) is 0 Å². The summed E-state index contributed by atoms with van der Waals surface area (Å²) in [6, 6.07) is 10.0. The highest BCUT2D eigenvalue weighted by molar-refractivity contribution is 5.77. The fraction of sp³-hybridized carbons (Fsp3) is 0.500. The summed E-state index contributed by atoms with van der Waals surface area (Å²) in [6.45, 7) is 10.0. The molecule has 0 radical (unpaired) electrons. The Labute approximate surface area is 205 Å². The third-order valence-corrected chi connectivity index (χ3v) is 5.99. The van der Waals surface area contributed by atoms with E-state index in [2.05, 4.69) is 37.0 Å². The van der Waals surface area contributed by atoms with Crippen molar-refractivity contribution < 1.29 is 19.4 Å². The van der Waals surface area contributed by atoms with E-state index in [0.29, 0.717) is 6.42 Å². The summed E-state index contributed by atoms with van der Waals surface area (Å²) in [7, 11) is 1.74. The average Bonchev–Trinajstić information content (AvgIpc) is 2.79. The van der Waals surface area contributed by atoms with Crippen molar-refractivity contribution in [1.29, 1.82) is 0 Å². The molecule has 34 heavy (non-hydrogen) atoms. The van der Waals surface area contributed by atoms with Crippen LogP contribution in [0.1, 0.15) is 58.4 Å². The zero-order valence-electron chi connectivity index (χ0n) is 21.1. The quantitative estimate of drug-likeness (QED) is 0.219. The lowest BCUT2D eigenvalue weighted by Crippen LogP contribution is -2.39. The number of carboxylic acids is 1. The molecule has 0 saturated carbocycles. The van der Waals surface area contributed by atoms with Gasteiger partial charge in [0, 0.05) is 25.1 Å². The Kier molecular flexibility index (Phi) is 13.6. The number of amides is 1. The van der Waals surface area contributed by atoms with Gasteiger partial charge in [-0.2, -0.15) is 0 Å². The van der Waals surface area contributed by atoms with E-state index >= 15 is 0 Å². The zero-order chi connectivity index (χ0) is 25.5. The van der Waals surface area contributed by atoms with Crippen LogP contribution in [0.3, 0.4) is 0 Å². The molecular weight excluding hydrogens is 428 g/mol. The molecule has 0 aliphatic heterocycles. The first-order valence-corrected chi connectivity index (χ1v) is 12.0. The Balaban J connectivity index is 2.73. The maximum absolute atomic E-state index is 11.8. The lowest BCUT2D eigenvalue weighted by Gasteiger charge is -2.23. The number of nitrogens with one attached hydrogen (secondary N) is 1. The van der Waals surface area contributed by atoms with Gasteiger partial charge in [-0.05, 0) is 38.2 Å². The van der Waals surface area contributed by atoms with Gasteiger partial charge in [0.15, 0.2) is 0 Å². The number of benzene rings is 1. The van der Waals surface area contributed by atoms with Crippen LogP contribution in [-0.4, -0.2) is 36.2 Å². The minimum Gasteiger partial charge on any atom is -0.481 e. The Morgan fingerprint density at radius 2 is 1.79 bits per heavy atom. The predicted molar refractivity (Wildman–Crippen MR) is 138 cm³/mol. The van der Waals surface area contributed by atoms with Crippen LogP contribution in [0.4, 0.5) is 0 Å². The Morgan fingerprint density at radius 3 is 2.38 bits per heavy atom. The van der Waals surface area contributed by atoms with Gasteiger partial charge in [0.05, 0.1) is 18.1 Å². The monoisotopic (exact) mass is 470 g/mol. The van der Waals surface area contributed by atoms with Crippen LogP contribution in [0.2, 0.25) is 0 Å². The second-order valence-corrected chi connectivity index (χ2v) is 9.01. The number of hydrogen-bond acceptors (Lipinski definition) is 4. The van der Waals surface area contributed by atoms with Crippen LogP contribution in [-0.2, 0) is 20.7 Å². The van der Waals surface area contributed by atoms with Gasteiger partial charge in [-0.15, -0.1) is 0 Å². The Bertz CT molecular complexity index is 832. The summed E-state index contributed by atoms with van der Waals surface area (Å²) in [5.74, 6) is -1.36. The lowest BCUT2D eigenvalue weighted by atomic mass is 9.94. The molecule has 4 N–H and O–H groups in total. The summed E-state index contributed by atoms with van der Waals surface area (Å²) >= 11 is 0. The maximum Gasteiger partial charge on any atom is 0.303 e. The largest absolute Gasteiger partial charge is 0.481 e. The molecule has 188 valence electrons. The second-order valence-electron chi connectivity index (χ2n) is 9.01. The number of nitrogens with two attached hydrogens (primary N) is 1. The summed E-state index contributed by atoms with van der Waals surface area (Å²) in [5, 5.41) is 12.1. The van der Waals surface area contributed by atoms with Gasteiger partial charge < -0.3 is 20.9 Å². The maximum atomic E-state index is 11.8. The minimum absolute atomic E-state index is 0.0603. The van der Waals surface area contributed by atoms with Crippen molar-refractivity contribution in [2.45, 2.75) is 71.4 Å². The molecule has 6 heteroatoms. The molecule has 1 aromatic carbocycles. The van der Waals surface area contributed by atoms with Crippen molar-refractivity contribution in [1.82, 2.24) is 5.32 Å². The van der Waals surface area contributed by atoms with E-state index in [0.717, 1.165) is 37.0 Å². The number of ether oxygens (including phenoxy) is 1. The average molecular weight is 471 g/mol. The summed E-state index contributed by atoms with van der Waals surface area (Å²) in [6.07, 6.45) is 10.3. The van der Waals surface area contributed by atoms with Crippen molar-refractivity contribution >= 4 is 11.9 Å². The van der Waals surface area contributed by atoms with Gasteiger partial charge >= 0.3 is 5.97 Å². The standard InChI is InChI=1S/C28H42N2O4/c1-20(18-21(2)26(34-5)19-24-13-9-7-10-14-24)16-17-25(23(4)28(29)33)30-22(3)12-8-6-11-15-27(31)32/h7,9-10,13-14,16-18,21,23,25-26,30H,3,6,8,11-12,15,19H2,1-2,4-5H3,(H2,29,33)(H,31,32)/b17-16+,20-18+. The second kappa shape index (κ2) is 15.9. The lowest BCUT2D eigenvalue weighted by molar-refractivity contribution is -0.137. The minimum atomic E-state index is -0.771. The molecule has 0 aliphatic carbocycles. The van der Waals surface area contributed by atoms with Crippen molar-refractivity contribution in [2.75, 3.05) is 7.11 Å². The molecule has 0 bridgehead atoms. The van der Waals surface area contributed by atoms with E-state index in [-0.39, 0.29) is 30.4 Å². The van der Waals surface area contributed by atoms with E-state index in [1.165, 1.54) is 5.56 Å². The highest BCUT2D eigenvalue weighted by Crippen LogP contribution is 2.18. The number of unbranched alkanes of at least 4 members (excludes halogenated alkanes) is 2. The number of allylic oxidation sites excluding steroid dienone is 3. The van der Waals surface area contributed by atoms with Crippen LogP contribution in [0.25, 0.3) is 0 Å². The molecule has 0 aliphatic rings. The van der Waals surface area contributed by atoms with Crippen LogP contribution < -0.4 is 11.1 Å². The number of methoxy groups -OCH3 is 1. The topological polar surface area (TPSA) is 102 Å². The van der Waals surface area contributed by atoms with Gasteiger partial charge in [0.25, 0.3) is 0 Å². The Morgan fingerprint density at radius 1 is 1.15 bits per heavy atom. The fourth-order valence-electron chi connectivity index (χ4n) is 3.78. The predicted octanol–water partition coefficient (Wildman–Crippen LogP) is 5.01. The molecule has 6 nitrogen and oxygen atoms in total. The number of rotatable bonds is 17. The first-order chi connectivity index (χ1) is 16.1. The molecule has 0 saturated heterocycles. The normalized spacial score (nSPS) is 15.5. The summed E-state index contributed by atoms with van der Waals surface area (Å²) < 4.78 is 5.75. The van der Waals surface area contributed by atoms with Gasteiger partial charge in [-0.1, -0.05) is 81.0 Å². The SMILES string of the molecule is C=C(CCCCCC(=O)O)NC(/C=C/C(C)=C/C(C)C(Cc1ccccc1)OC)C(C)C(N)=O. The smallest absolute Gasteiger partial charge is 0.303 e. The fourth-order valence-corrected chi connectivity index (χ4v) is 3.78. The number of carbonyl (C=O) groups is 2. The number of carboxylic acid groups (broad SMARTS) is 1. The molecule has 4 atom stereocenters. The van der Waals surface area contributed by atoms with Crippen LogP contribution in [0.5, 0.6) is 0 Å². The van der Waals surface area contributed by atoms with Crippen molar-refractivity contribution in [3.05, 3.63) is 72.0 Å². The van der Waals surface area contributed by atoms with Crippen molar-refractivity contribution in [3.63, 3.8) is 0 Å². The zero-order valence-corrected chi connectivity index (χ0v) is 21.1. The van der Waals surface area contributed by atoms with Crippen LogP contribution in [0, 0.1) is 11.8 Å². The third-order valence-electron chi connectivity index (χ3n) is 5.99. The first kappa shape index (κ1) is 29.2. The van der Waals surface area contributed by atoms with E-state index in [1.54, 1.807) is 14.0 Å². The van der Waals surface area contributed by atoms with Gasteiger partial charge in [-0.3, -0.25) is 9.59 Å². The van der Waals surface area contributed by atoms with Crippen LogP contribution in [0.15, 0.2) is 66.4 Å². The molecular formula is C28H42N2O4. The highest BCUT2D eigenvalue weighted by Gasteiger charge is 2.20. The number of carbonyl (C=O) groups excluding carboxylic acids is 1. The number of hydrogen-bond donors (Lipinski definition) is 3. The summed E-state index contributed by atoms with van der Waals surface area (Å²) in [4.78, 5) is 22.5. The van der Waals surface area contributed by atoms with Gasteiger partial charge in [-0.25, -0.2) is 0 Å². The molecule has 1 aromatic rings.